The van der Waals surface area contributed by atoms with Crippen molar-refractivity contribution in [3.8, 4) is 0 Å². The minimum absolute atomic E-state index is 0.0352. The maximum absolute atomic E-state index is 11.5. The van der Waals surface area contributed by atoms with Gasteiger partial charge in [-0.25, -0.2) is 0 Å². The number of benzene rings is 1. The van der Waals surface area contributed by atoms with E-state index in [2.05, 4.69) is 9.88 Å². The van der Waals surface area contributed by atoms with Gasteiger partial charge in [0, 0.05) is 25.3 Å². The standard InChI is InChI=1S/C9H14N4O3S/c1-13(2)17(15,16)12-8-5-3-7(4-6-8)9(10)11-14/h3-6,12,14H,1-2H3,(H2,10,11). The number of nitrogens with one attached hydrogen (secondary N) is 1. The summed E-state index contributed by atoms with van der Waals surface area (Å²) in [6.07, 6.45) is 0. The molecule has 0 saturated carbocycles. The maximum atomic E-state index is 11.5. The van der Waals surface area contributed by atoms with Crippen LogP contribution in [0.25, 0.3) is 0 Å². The summed E-state index contributed by atoms with van der Waals surface area (Å²) in [6, 6.07) is 6.13. The van der Waals surface area contributed by atoms with Gasteiger partial charge in [-0.3, -0.25) is 4.72 Å². The van der Waals surface area contributed by atoms with Crippen LogP contribution in [0.4, 0.5) is 5.69 Å². The Morgan fingerprint density at radius 3 is 2.29 bits per heavy atom. The van der Waals surface area contributed by atoms with E-state index >= 15 is 0 Å². The Bertz CT molecular complexity index is 508. The van der Waals surface area contributed by atoms with Crippen LogP contribution in [0.15, 0.2) is 29.4 Å². The van der Waals surface area contributed by atoms with Crippen molar-refractivity contribution in [3.05, 3.63) is 29.8 Å². The number of hydrogen-bond donors (Lipinski definition) is 3. The highest BCUT2D eigenvalue weighted by atomic mass is 32.2. The van der Waals surface area contributed by atoms with Gasteiger partial charge in [0.05, 0.1) is 0 Å². The molecule has 8 heteroatoms. The number of amidine groups is 1. The van der Waals surface area contributed by atoms with E-state index in [1.807, 2.05) is 0 Å². The van der Waals surface area contributed by atoms with Crippen LogP contribution in [0, 0.1) is 0 Å². The maximum Gasteiger partial charge on any atom is 0.301 e. The fourth-order valence-electron chi connectivity index (χ4n) is 1.01. The second-order valence-corrected chi connectivity index (χ2v) is 5.34. The molecular weight excluding hydrogens is 244 g/mol. The summed E-state index contributed by atoms with van der Waals surface area (Å²) >= 11 is 0. The monoisotopic (exact) mass is 258 g/mol. The normalized spacial score (nSPS) is 12.8. The Balaban J connectivity index is 2.90. The van der Waals surface area contributed by atoms with E-state index in [-0.39, 0.29) is 5.84 Å². The Morgan fingerprint density at radius 2 is 1.88 bits per heavy atom. The summed E-state index contributed by atoms with van der Waals surface area (Å²) in [5.41, 5.74) is 6.27. The topological polar surface area (TPSA) is 108 Å². The molecule has 0 fully saturated rings. The van der Waals surface area contributed by atoms with Gasteiger partial charge in [0.2, 0.25) is 0 Å². The first kappa shape index (κ1) is 13.3. The molecule has 0 radical (unpaired) electrons. The van der Waals surface area contributed by atoms with Crippen LogP contribution in [0.5, 0.6) is 0 Å². The molecule has 0 spiro atoms. The van der Waals surface area contributed by atoms with Gasteiger partial charge in [0.25, 0.3) is 0 Å². The second-order valence-electron chi connectivity index (χ2n) is 3.45. The quantitative estimate of drug-likeness (QED) is 0.306. The molecule has 0 saturated heterocycles. The van der Waals surface area contributed by atoms with Crippen LogP contribution in [-0.2, 0) is 10.2 Å². The molecule has 94 valence electrons. The van der Waals surface area contributed by atoms with Crippen LogP contribution in [-0.4, -0.2) is 37.9 Å². The van der Waals surface area contributed by atoms with E-state index in [4.69, 9.17) is 10.9 Å². The van der Waals surface area contributed by atoms with Crippen molar-refractivity contribution >= 4 is 21.7 Å². The van der Waals surface area contributed by atoms with Crippen LogP contribution in [0.1, 0.15) is 5.56 Å². The Morgan fingerprint density at radius 1 is 1.35 bits per heavy atom. The van der Waals surface area contributed by atoms with Gasteiger partial charge >= 0.3 is 10.2 Å². The average Bonchev–Trinajstić information content (AvgIpc) is 2.28. The molecule has 17 heavy (non-hydrogen) atoms. The summed E-state index contributed by atoms with van der Waals surface area (Å²) < 4.78 is 26.4. The number of nitrogens with two attached hydrogens (primary N) is 1. The predicted octanol–water partition coefficient (Wildman–Crippen LogP) is -0.000600. The van der Waals surface area contributed by atoms with Crippen LogP contribution >= 0.6 is 0 Å². The molecule has 0 aromatic heterocycles. The highest BCUT2D eigenvalue weighted by Crippen LogP contribution is 2.11. The van der Waals surface area contributed by atoms with Gasteiger partial charge in [-0.05, 0) is 24.3 Å². The van der Waals surface area contributed by atoms with Crippen LogP contribution in [0.3, 0.4) is 0 Å². The molecule has 0 heterocycles. The molecule has 0 aliphatic heterocycles. The van der Waals surface area contributed by atoms with Crippen molar-refractivity contribution < 1.29 is 13.6 Å². The molecule has 0 amide bonds. The minimum Gasteiger partial charge on any atom is -0.409 e. The smallest absolute Gasteiger partial charge is 0.301 e. The zero-order valence-electron chi connectivity index (χ0n) is 9.45. The van der Waals surface area contributed by atoms with Gasteiger partial charge in [-0.15, -0.1) is 0 Å². The van der Waals surface area contributed by atoms with Crippen molar-refractivity contribution in [2.24, 2.45) is 10.9 Å². The van der Waals surface area contributed by atoms with E-state index < -0.39 is 10.2 Å². The SMILES string of the molecule is CN(C)S(=O)(=O)Nc1ccc(/C(N)=N/O)cc1. The Hall–Kier alpha value is -1.80. The lowest BCUT2D eigenvalue weighted by atomic mass is 10.2. The molecule has 0 unspecified atom stereocenters. The number of oxime groups is 1. The van der Waals surface area contributed by atoms with Crippen molar-refractivity contribution in [1.82, 2.24) is 4.31 Å². The Labute approximate surface area is 99.7 Å². The number of anilines is 1. The van der Waals surface area contributed by atoms with Crippen LogP contribution < -0.4 is 10.5 Å². The fraction of sp³-hybridized carbons (Fsp3) is 0.222. The van der Waals surface area contributed by atoms with Crippen molar-refractivity contribution in [2.75, 3.05) is 18.8 Å². The van der Waals surface area contributed by atoms with Crippen molar-refractivity contribution in [2.45, 2.75) is 0 Å². The van der Waals surface area contributed by atoms with Crippen LogP contribution in [0.2, 0.25) is 0 Å². The molecule has 0 bridgehead atoms. The van der Waals surface area contributed by atoms with Gasteiger partial charge in [0.1, 0.15) is 0 Å². The summed E-state index contributed by atoms with van der Waals surface area (Å²) in [7, 11) is -0.670. The zero-order valence-corrected chi connectivity index (χ0v) is 10.3. The molecule has 1 aromatic carbocycles. The van der Waals surface area contributed by atoms with Crippen molar-refractivity contribution in [3.63, 3.8) is 0 Å². The van der Waals surface area contributed by atoms with Crippen molar-refractivity contribution in [1.29, 1.82) is 0 Å². The van der Waals surface area contributed by atoms with E-state index in [9.17, 15) is 8.42 Å². The number of hydrogen-bond acceptors (Lipinski definition) is 4. The third-order valence-electron chi connectivity index (χ3n) is 2.02. The molecular formula is C9H14N4O3S. The highest BCUT2D eigenvalue weighted by molar-refractivity contribution is 7.90. The lowest BCUT2D eigenvalue weighted by molar-refractivity contribution is 0.318. The third-order valence-corrected chi connectivity index (χ3v) is 3.47. The first-order valence-electron chi connectivity index (χ1n) is 4.65. The van der Waals surface area contributed by atoms with E-state index in [0.717, 1.165) is 4.31 Å². The van der Waals surface area contributed by atoms with Gasteiger partial charge in [-0.1, -0.05) is 5.16 Å². The predicted molar refractivity (Wildman–Crippen MR) is 65.2 cm³/mol. The molecule has 0 aliphatic rings. The van der Waals surface area contributed by atoms with E-state index in [0.29, 0.717) is 11.3 Å². The van der Waals surface area contributed by atoms with Gasteiger partial charge in [0.15, 0.2) is 5.84 Å². The lowest BCUT2D eigenvalue weighted by Crippen LogP contribution is -2.28. The van der Waals surface area contributed by atoms with Gasteiger partial charge in [-0.2, -0.15) is 12.7 Å². The number of rotatable bonds is 4. The summed E-state index contributed by atoms with van der Waals surface area (Å²) in [5.74, 6) is -0.0352. The van der Waals surface area contributed by atoms with E-state index in [1.54, 1.807) is 12.1 Å². The first-order chi connectivity index (χ1) is 7.86. The first-order valence-corrected chi connectivity index (χ1v) is 6.09. The molecule has 1 rings (SSSR count). The van der Waals surface area contributed by atoms with E-state index in [1.165, 1.54) is 26.2 Å². The van der Waals surface area contributed by atoms with Gasteiger partial charge < -0.3 is 10.9 Å². The molecule has 4 N–H and O–H groups in total. The largest absolute Gasteiger partial charge is 0.409 e. The fourth-order valence-corrected chi connectivity index (χ4v) is 1.62. The lowest BCUT2D eigenvalue weighted by Gasteiger charge is -2.13. The molecule has 0 aliphatic carbocycles. The third kappa shape index (κ3) is 3.33. The minimum atomic E-state index is -3.52. The summed E-state index contributed by atoms with van der Waals surface area (Å²) in [6.45, 7) is 0. The highest BCUT2D eigenvalue weighted by Gasteiger charge is 2.12. The molecule has 1 aromatic rings. The molecule has 0 atom stereocenters. The number of nitrogens with zero attached hydrogens (tertiary/aromatic N) is 2. The summed E-state index contributed by atoms with van der Waals surface area (Å²) in [5, 5.41) is 11.3. The second kappa shape index (κ2) is 5.02. The summed E-state index contributed by atoms with van der Waals surface area (Å²) in [4.78, 5) is 0. The average molecular weight is 258 g/mol. The Kier molecular flexibility index (Phi) is 3.92. The zero-order chi connectivity index (χ0) is 13.1. The molecule has 7 nitrogen and oxygen atoms in total.